The summed E-state index contributed by atoms with van der Waals surface area (Å²) >= 11 is 7.49. The molecular formula is C26H22ClN5O3S. The number of rotatable bonds is 8. The lowest BCUT2D eigenvalue weighted by Gasteiger charge is -2.11. The van der Waals surface area contributed by atoms with Gasteiger partial charge >= 0.3 is 6.01 Å². The molecule has 4 rings (SSSR count). The molecule has 0 amide bonds. The van der Waals surface area contributed by atoms with Crippen molar-refractivity contribution >= 4 is 23.4 Å². The van der Waals surface area contributed by atoms with Gasteiger partial charge in [0.05, 0.1) is 12.7 Å². The molecule has 0 N–H and O–H groups in total. The molecule has 0 fully saturated rings. The molecule has 0 aliphatic rings. The zero-order valence-electron chi connectivity index (χ0n) is 19.9. The average molecular weight is 520 g/mol. The lowest BCUT2D eigenvalue weighted by atomic mass is 10.1. The van der Waals surface area contributed by atoms with Gasteiger partial charge in [0.2, 0.25) is 0 Å². The molecule has 0 saturated carbocycles. The zero-order chi connectivity index (χ0) is 25.7. The van der Waals surface area contributed by atoms with Crippen LogP contribution in [0.3, 0.4) is 0 Å². The van der Waals surface area contributed by atoms with E-state index in [1.54, 1.807) is 42.9 Å². The summed E-state index contributed by atoms with van der Waals surface area (Å²) < 4.78 is 12.7. The molecule has 2 aromatic heterocycles. The number of hydrogen-bond donors (Lipinski definition) is 0. The predicted octanol–water partition coefficient (Wildman–Crippen LogP) is 5.09. The van der Waals surface area contributed by atoms with Gasteiger partial charge in [-0.1, -0.05) is 29.4 Å². The summed E-state index contributed by atoms with van der Waals surface area (Å²) in [7, 11) is 3.34. The van der Waals surface area contributed by atoms with Crippen LogP contribution in [0.2, 0.25) is 5.02 Å². The number of benzene rings is 2. The SMILES string of the molecule is COc1ncc(Cc2cn(C)c(SCc3ccc(Oc4ccc(Cl)c(C)c4)c(C#N)c3)nc2=O)cn1. The minimum absolute atomic E-state index is 0.274. The molecule has 0 radical (unpaired) electrons. The number of halogens is 1. The Morgan fingerprint density at radius 2 is 1.92 bits per heavy atom. The van der Waals surface area contributed by atoms with Crippen molar-refractivity contribution in [2.45, 2.75) is 24.3 Å². The second-order valence-corrected chi connectivity index (χ2v) is 9.31. The minimum atomic E-state index is -0.300. The van der Waals surface area contributed by atoms with E-state index >= 15 is 0 Å². The van der Waals surface area contributed by atoms with Gasteiger partial charge in [0.1, 0.15) is 17.6 Å². The summed E-state index contributed by atoms with van der Waals surface area (Å²) in [4.78, 5) is 25.0. The first-order valence-electron chi connectivity index (χ1n) is 10.9. The van der Waals surface area contributed by atoms with Crippen LogP contribution < -0.4 is 15.0 Å². The van der Waals surface area contributed by atoms with Gasteiger partial charge in [0.25, 0.3) is 5.56 Å². The highest BCUT2D eigenvalue weighted by Crippen LogP contribution is 2.30. The molecule has 10 heteroatoms. The molecule has 0 atom stereocenters. The Morgan fingerprint density at radius 1 is 1.14 bits per heavy atom. The number of ether oxygens (including phenoxy) is 2. The zero-order valence-corrected chi connectivity index (χ0v) is 21.4. The maximum atomic E-state index is 12.6. The van der Waals surface area contributed by atoms with Crippen LogP contribution in [0.1, 0.15) is 27.8 Å². The van der Waals surface area contributed by atoms with E-state index in [0.29, 0.717) is 45.0 Å². The molecule has 2 aromatic carbocycles. The Morgan fingerprint density at radius 3 is 2.61 bits per heavy atom. The van der Waals surface area contributed by atoms with E-state index in [9.17, 15) is 10.1 Å². The molecule has 0 spiro atoms. The van der Waals surface area contributed by atoms with Crippen LogP contribution in [0.15, 0.2) is 64.9 Å². The van der Waals surface area contributed by atoms with Gasteiger partial charge < -0.3 is 14.0 Å². The predicted molar refractivity (Wildman–Crippen MR) is 138 cm³/mol. The van der Waals surface area contributed by atoms with Gasteiger partial charge in [-0.3, -0.25) is 4.79 Å². The summed E-state index contributed by atoms with van der Waals surface area (Å²) in [5, 5.41) is 10.9. The molecule has 2 heterocycles. The van der Waals surface area contributed by atoms with Gasteiger partial charge in [-0.25, -0.2) is 9.97 Å². The van der Waals surface area contributed by atoms with E-state index in [2.05, 4.69) is 21.0 Å². The van der Waals surface area contributed by atoms with Gasteiger partial charge in [0, 0.05) is 48.4 Å². The fraction of sp³-hybridized carbons (Fsp3) is 0.192. The van der Waals surface area contributed by atoms with Gasteiger partial charge in [-0.05, 0) is 53.9 Å². The smallest absolute Gasteiger partial charge is 0.316 e. The second kappa shape index (κ2) is 11.2. The second-order valence-electron chi connectivity index (χ2n) is 7.96. The number of hydrogen-bond acceptors (Lipinski definition) is 8. The standard InChI is InChI=1S/C26H22ClN5O3S/c1-16-8-21(5-6-22(16)27)35-23-7-4-17(9-19(23)11-28)15-36-26-31-24(33)20(14-32(26)2)10-18-12-29-25(34-3)30-13-18/h4-9,12-14H,10,15H2,1-3H3. The normalized spacial score (nSPS) is 10.6. The molecule has 8 nitrogen and oxygen atoms in total. The maximum absolute atomic E-state index is 12.6. The Hall–Kier alpha value is -3.87. The van der Waals surface area contributed by atoms with Crippen LogP contribution in [-0.4, -0.2) is 26.6 Å². The van der Waals surface area contributed by atoms with Crippen molar-refractivity contribution in [3.05, 3.63) is 98.2 Å². The largest absolute Gasteiger partial charge is 0.467 e. The molecule has 0 saturated heterocycles. The van der Waals surface area contributed by atoms with E-state index < -0.39 is 0 Å². The summed E-state index contributed by atoms with van der Waals surface area (Å²) in [6.45, 7) is 1.89. The summed E-state index contributed by atoms with van der Waals surface area (Å²) in [5.74, 6) is 1.60. The van der Waals surface area contributed by atoms with Crippen molar-refractivity contribution in [2.24, 2.45) is 7.05 Å². The number of aromatic nitrogens is 4. The first-order chi connectivity index (χ1) is 17.4. The number of aryl methyl sites for hydroxylation is 2. The van der Waals surface area contributed by atoms with Gasteiger partial charge in [-0.2, -0.15) is 10.2 Å². The fourth-order valence-corrected chi connectivity index (χ4v) is 4.39. The summed E-state index contributed by atoms with van der Waals surface area (Å²) in [6, 6.07) is 13.2. The van der Waals surface area contributed by atoms with Crippen LogP contribution in [-0.2, 0) is 19.2 Å². The summed E-state index contributed by atoms with van der Waals surface area (Å²) in [6.07, 6.45) is 5.40. The molecule has 0 aliphatic heterocycles. The topological polar surface area (TPSA) is 103 Å². The minimum Gasteiger partial charge on any atom is -0.467 e. The van der Waals surface area contributed by atoms with Crippen molar-refractivity contribution in [1.82, 2.24) is 19.5 Å². The average Bonchev–Trinajstić information content (AvgIpc) is 2.88. The summed E-state index contributed by atoms with van der Waals surface area (Å²) in [5.41, 5.74) is 3.24. The molecular weight excluding hydrogens is 498 g/mol. The molecule has 182 valence electrons. The van der Waals surface area contributed by atoms with Gasteiger partial charge in [-0.15, -0.1) is 0 Å². The van der Waals surface area contributed by atoms with Crippen LogP contribution in [0, 0.1) is 18.3 Å². The quantitative estimate of drug-likeness (QED) is 0.234. The highest BCUT2D eigenvalue weighted by atomic mass is 35.5. The van der Waals surface area contributed by atoms with E-state index in [1.165, 1.54) is 18.9 Å². The molecule has 0 bridgehead atoms. The lowest BCUT2D eigenvalue weighted by molar-refractivity contribution is 0.379. The highest BCUT2D eigenvalue weighted by Gasteiger charge is 2.11. The van der Waals surface area contributed by atoms with E-state index in [0.717, 1.165) is 16.7 Å². The lowest BCUT2D eigenvalue weighted by Crippen LogP contribution is -2.18. The fourth-order valence-electron chi connectivity index (χ4n) is 3.40. The maximum Gasteiger partial charge on any atom is 0.316 e. The third-order valence-electron chi connectivity index (χ3n) is 5.27. The van der Waals surface area contributed by atoms with Crippen molar-refractivity contribution in [2.75, 3.05) is 7.11 Å². The Labute approximate surface area is 217 Å². The molecule has 0 aliphatic carbocycles. The van der Waals surface area contributed by atoms with Crippen molar-refractivity contribution in [3.63, 3.8) is 0 Å². The van der Waals surface area contributed by atoms with E-state index in [4.69, 9.17) is 21.1 Å². The molecule has 36 heavy (non-hydrogen) atoms. The first kappa shape index (κ1) is 25.2. The number of methoxy groups -OCH3 is 1. The third-order valence-corrected chi connectivity index (χ3v) is 6.81. The van der Waals surface area contributed by atoms with Crippen LogP contribution in [0.5, 0.6) is 17.5 Å². The number of nitrogens with zero attached hydrogens (tertiary/aromatic N) is 5. The van der Waals surface area contributed by atoms with E-state index in [-0.39, 0.29) is 11.6 Å². The Bertz CT molecular complexity index is 1500. The van der Waals surface area contributed by atoms with Crippen molar-refractivity contribution in [3.8, 4) is 23.6 Å². The van der Waals surface area contributed by atoms with Crippen molar-refractivity contribution < 1.29 is 9.47 Å². The number of thioether (sulfide) groups is 1. The number of nitriles is 1. The van der Waals surface area contributed by atoms with Crippen LogP contribution in [0.25, 0.3) is 0 Å². The molecule has 0 unspecified atom stereocenters. The van der Waals surface area contributed by atoms with Gasteiger partial charge in [0.15, 0.2) is 5.16 Å². The van der Waals surface area contributed by atoms with E-state index in [1.807, 2.05) is 30.7 Å². The monoisotopic (exact) mass is 519 g/mol. The van der Waals surface area contributed by atoms with Crippen LogP contribution >= 0.6 is 23.4 Å². The Balaban J connectivity index is 1.45. The third kappa shape index (κ3) is 6.03. The Kier molecular flexibility index (Phi) is 7.88. The first-order valence-corrected chi connectivity index (χ1v) is 12.2. The highest BCUT2D eigenvalue weighted by molar-refractivity contribution is 7.98. The van der Waals surface area contributed by atoms with Crippen molar-refractivity contribution in [1.29, 1.82) is 5.26 Å². The van der Waals surface area contributed by atoms with Crippen LogP contribution in [0.4, 0.5) is 0 Å². The molecule has 4 aromatic rings.